The molecule has 1 atom stereocenters. The highest BCUT2D eigenvalue weighted by Crippen LogP contribution is 2.39. The first kappa shape index (κ1) is 22.6. The quantitative estimate of drug-likeness (QED) is 0.389. The van der Waals surface area contributed by atoms with Crippen LogP contribution in [0.15, 0.2) is 54.1 Å². The van der Waals surface area contributed by atoms with Crippen LogP contribution < -0.4 is 9.64 Å². The molecule has 1 fully saturated rings. The molecule has 3 rings (SSSR count). The molecular weight excluding hydrogens is 392 g/mol. The number of carbonyl (C=O) groups is 2. The Balaban J connectivity index is 2.08. The average molecular weight is 424 g/mol. The zero-order valence-corrected chi connectivity index (χ0v) is 18.6. The molecule has 1 heterocycles. The van der Waals surface area contributed by atoms with E-state index in [-0.39, 0.29) is 11.3 Å². The highest BCUT2D eigenvalue weighted by molar-refractivity contribution is 6.46. The number of ether oxygens (including phenoxy) is 1. The van der Waals surface area contributed by atoms with Crippen LogP contribution in [0.1, 0.15) is 36.6 Å². The number of aliphatic hydroxyl groups excluding tert-OH is 1. The van der Waals surface area contributed by atoms with Gasteiger partial charge in [-0.2, -0.15) is 0 Å². The summed E-state index contributed by atoms with van der Waals surface area (Å²) >= 11 is 0. The van der Waals surface area contributed by atoms with Gasteiger partial charge in [0.15, 0.2) is 0 Å². The van der Waals surface area contributed by atoms with E-state index in [4.69, 9.17) is 4.74 Å². The van der Waals surface area contributed by atoms with Gasteiger partial charge in [0, 0.05) is 5.56 Å². The van der Waals surface area contributed by atoms with Crippen LogP contribution in [0.2, 0.25) is 0 Å². The van der Waals surface area contributed by atoms with Crippen molar-refractivity contribution in [3.8, 4) is 5.75 Å². The topological polar surface area (TPSA) is 71.3 Å². The lowest BCUT2D eigenvalue weighted by molar-refractivity contribution is -0.895. The third-order valence-corrected chi connectivity index (χ3v) is 6.03. The molecule has 1 saturated heterocycles. The van der Waals surface area contributed by atoms with Crippen LogP contribution in [0.5, 0.6) is 5.75 Å². The summed E-state index contributed by atoms with van der Waals surface area (Å²) < 4.78 is 5.30. The maximum absolute atomic E-state index is 13.1. The molecule has 6 heteroatoms. The molecule has 1 aliphatic heterocycles. The lowest BCUT2D eigenvalue weighted by atomic mass is 9.95. The van der Waals surface area contributed by atoms with Crippen molar-refractivity contribution < 1.29 is 24.3 Å². The number of methoxy groups -OCH3 is 1. The number of carbonyl (C=O) groups excluding carboxylic acids is 2. The summed E-state index contributed by atoms with van der Waals surface area (Å²) in [6, 6.07) is 14.0. The molecule has 6 nitrogen and oxygen atoms in total. The number of nitrogens with zero attached hydrogens (tertiary/aromatic N) is 1. The van der Waals surface area contributed by atoms with Crippen LogP contribution in [0.3, 0.4) is 0 Å². The molecule has 31 heavy (non-hydrogen) atoms. The standard InChI is InChI=1S/C25H30N2O4/c1-5-26(6-2)14-15-27-22(18-10-8-7-9-11-18)21(24(29)25(27)30)23(28)19-12-13-20(31-4)17(3)16-19/h7-13,16,22,28H,5-6,14-15H2,1-4H3/p+1/b23-21+/t22-/m1/s1. The Morgan fingerprint density at radius 3 is 2.35 bits per heavy atom. The number of aryl methyl sites for hydroxylation is 1. The summed E-state index contributed by atoms with van der Waals surface area (Å²) in [5.41, 5.74) is 2.27. The molecule has 0 saturated carbocycles. The van der Waals surface area contributed by atoms with Crippen molar-refractivity contribution in [3.63, 3.8) is 0 Å². The van der Waals surface area contributed by atoms with E-state index in [2.05, 4.69) is 13.8 Å². The smallest absolute Gasteiger partial charge is 0.295 e. The van der Waals surface area contributed by atoms with Gasteiger partial charge < -0.3 is 19.6 Å². The van der Waals surface area contributed by atoms with Crippen molar-refractivity contribution in [2.75, 3.05) is 33.3 Å². The third-order valence-electron chi connectivity index (χ3n) is 6.03. The summed E-state index contributed by atoms with van der Waals surface area (Å²) in [6.07, 6.45) is 0. The number of ketones is 1. The second-order valence-corrected chi connectivity index (χ2v) is 7.79. The number of rotatable bonds is 8. The second-order valence-electron chi connectivity index (χ2n) is 7.79. The normalized spacial score (nSPS) is 18.1. The van der Waals surface area contributed by atoms with Crippen LogP contribution in [0.25, 0.3) is 5.76 Å². The maximum Gasteiger partial charge on any atom is 0.295 e. The van der Waals surface area contributed by atoms with E-state index in [1.165, 1.54) is 4.90 Å². The molecule has 0 aliphatic carbocycles. The lowest BCUT2D eigenvalue weighted by Gasteiger charge is -2.27. The van der Waals surface area contributed by atoms with Crippen molar-refractivity contribution in [2.45, 2.75) is 26.8 Å². The van der Waals surface area contributed by atoms with Crippen LogP contribution >= 0.6 is 0 Å². The Morgan fingerprint density at radius 1 is 1.10 bits per heavy atom. The van der Waals surface area contributed by atoms with E-state index in [0.29, 0.717) is 17.9 Å². The van der Waals surface area contributed by atoms with Crippen molar-refractivity contribution in [1.82, 2.24) is 4.90 Å². The van der Waals surface area contributed by atoms with Crippen molar-refractivity contribution >= 4 is 17.4 Å². The molecule has 1 amide bonds. The number of nitrogens with one attached hydrogen (secondary N) is 1. The molecule has 2 aromatic rings. The predicted octanol–water partition coefficient (Wildman–Crippen LogP) is 2.35. The number of likely N-dealkylation sites (N-methyl/N-ethyl adjacent to an activating group) is 1. The van der Waals surface area contributed by atoms with E-state index in [0.717, 1.165) is 30.8 Å². The van der Waals surface area contributed by atoms with Gasteiger partial charge in [-0.3, -0.25) is 9.59 Å². The monoisotopic (exact) mass is 423 g/mol. The van der Waals surface area contributed by atoms with E-state index in [1.54, 1.807) is 30.2 Å². The number of amides is 1. The molecule has 1 aliphatic rings. The van der Waals surface area contributed by atoms with E-state index in [1.807, 2.05) is 37.3 Å². The van der Waals surface area contributed by atoms with Crippen LogP contribution in [0.4, 0.5) is 0 Å². The summed E-state index contributed by atoms with van der Waals surface area (Å²) in [5.74, 6) is -0.670. The van der Waals surface area contributed by atoms with Gasteiger partial charge in [-0.25, -0.2) is 0 Å². The van der Waals surface area contributed by atoms with Crippen LogP contribution in [-0.2, 0) is 9.59 Å². The minimum atomic E-state index is -0.644. The number of hydrogen-bond donors (Lipinski definition) is 2. The highest BCUT2D eigenvalue weighted by Gasteiger charge is 2.46. The maximum atomic E-state index is 13.1. The molecule has 0 bridgehead atoms. The van der Waals surface area contributed by atoms with Crippen LogP contribution in [0, 0.1) is 6.92 Å². The Labute approximate surface area is 183 Å². The summed E-state index contributed by atoms with van der Waals surface area (Å²) in [7, 11) is 1.58. The summed E-state index contributed by atoms with van der Waals surface area (Å²) in [5, 5.41) is 11.1. The fourth-order valence-corrected chi connectivity index (χ4v) is 4.16. The van der Waals surface area contributed by atoms with Crippen molar-refractivity contribution in [2.24, 2.45) is 0 Å². The number of hydrogen-bond acceptors (Lipinski definition) is 4. The van der Waals surface area contributed by atoms with Gasteiger partial charge in [-0.15, -0.1) is 0 Å². The van der Waals surface area contributed by atoms with Gasteiger partial charge in [-0.1, -0.05) is 30.3 Å². The zero-order chi connectivity index (χ0) is 22.5. The fraction of sp³-hybridized carbons (Fsp3) is 0.360. The van der Waals surface area contributed by atoms with E-state index in [9.17, 15) is 14.7 Å². The SMILES string of the molecule is CC[NH+](CC)CCN1C(=O)C(=O)/C(=C(/O)c2ccc(OC)c(C)c2)[C@H]1c1ccccc1. The minimum absolute atomic E-state index is 0.135. The summed E-state index contributed by atoms with van der Waals surface area (Å²) in [6.45, 7) is 9.16. The molecule has 2 aromatic carbocycles. The first-order valence-corrected chi connectivity index (χ1v) is 10.7. The van der Waals surface area contributed by atoms with Gasteiger partial charge in [0.1, 0.15) is 11.5 Å². The van der Waals surface area contributed by atoms with Crippen molar-refractivity contribution in [3.05, 3.63) is 70.8 Å². The Morgan fingerprint density at radius 2 is 1.77 bits per heavy atom. The zero-order valence-electron chi connectivity index (χ0n) is 18.6. The second kappa shape index (κ2) is 9.79. The number of likely N-dealkylation sites (tertiary alicyclic amines) is 1. The number of quaternary nitrogens is 1. The molecule has 2 N–H and O–H groups in total. The molecule has 164 valence electrons. The molecule has 0 unspecified atom stereocenters. The lowest BCUT2D eigenvalue weighted by Crippen LogP contribution is -3.12. The average Bonchev–Trinajstić information content (AvgIpc) is 3.04. The Bertz CT molecular complexity index is 980. The van der Waals surface area contributed by atoms with E-state index >= 15 is 0 Å². The Hall–Kier alpha value is -3.12. The molecule has 0 radical (unpaired) electrons. The van der Waals surface area contributed by atoms with Gasteiger partial charge in [0.25, 0.3) is 11.7 Å². The van der Waals surface area contributed by atoms with E-state index < -0.39 is 17.7 Å². The number of Topliss-reactive ketones (excluding diaryl/α,β-unsaturated/α-hetero) is 1. The fourth-order valence-electron chi connectivity index (χ4n) is 4.16. The van der Waals surface area contributed by atoms with Gasteiger partial charge in [-0.05, 0) is 50.1 Å². The number of benzene rings is 2. The van der Waals surface area contributed by atoms with Crippen LogP contribution in [-0.4, -0.2) is 55.0 Å². The Kier molecular flexibility index (Phi) is 7.13. The predicted molar refractivity (Wildman–Crippen MR) is 120 cm³/mol. The minimum Gasteiger partial charge on any atom is -0.507 e. The van der Waals surface area contributed by atoms with Crippen molar-refractivity contribution in [1.29, 1.82) is 0 Å². The number of aliphatic hydroxyl groups is 1. The molecular formula is C25H31N2O4+. The molecule has 0 spiro atoms. The third kappa shape index (κ3) is 4.49. The molecule has 0 aromatic heterocycles. The summed E-state index contributed by atoms with van der Waals surface area (Å²) in [4.78, 5) is 29.0. The van der Waals surface area contributed by atoms with Gasteiger partial charge >= 0.3 is 0 Å². The van der Waals surface area contributed by atoms with Gasteiger partial charge in [0.2, 0.25) is 0 Å². The highest BCUT2D eigenvalue weighted by atomic mass is 16.5. The largest absolute Gasteiger partial charge is 0.507 e. The first-order chi connectivity index (χ1) is 14.9. The first-order valence-electron chi connectivity index (χ1n) is 10.7. The van der Waals surface area contributed by atoms with Gasteiger partial charge in [0.05, 0.1) is 44.9 Å².